The number of nitro groups is 1. The van der Waals surface area contributed by atoms with Gasteiger partial charge in [0.15, 0.2) is 0 Å². The van der Waals surface area contributed by atoms with E-state index in [9.17, 15) is 10.1 Å². The number of nitro benzene ring substituents is 1. The van der Waals surface area contributed by atoms with Gasteiger partial charge in [-0.2, -0.15) is 10.4 Å². The van der Waals surface area contributed by atoms with Crippen LogP contribution >= 0.6 is 0 Å². The fourth-order valence-corrected chi connectivity index (χ4v) is 2.16. The Morgan fingerprint density at radius 2 is 2.30 bits per heavy atom. The third kappa shape index (κ3) is 2.38. The summed E-state index contributed by atoms with van der Waals surface area (Å²) in [5.74, 6) is 0.718. The van der Waals surface area contributed by atoms with Crippen LogP contribution in [0.1, 0.15) is 18.4 Å². The Bertz CT molecular complexity index is 710. The molecule has 6 heteroatoms. The zero-order valence-electron chi connectivity index (χ0n) is 10.7. The summed E-state index contributed by atoms with van der Waals surface area (Å²) in [6, 6.07) is 6.33. The first-order chi connectivity index (χ1) is 9.67. The van der Waals surface area contributed by atoms with Gasteiger partial charge in [-0.1, -0.05) is 0 Å². The van der Waals surface area contributed by atoms with Crippen LogP contribution in [0.5, 0.6) is 0 Å². The van der Waals surface area contributed by atoms with Crippen LogP contribution < -0.4 is 0 Å². The molecule has 0 aliphatic heterocycles. The molecule has 0 bridgehead atoms. The van der Waals surface area contributed by atoms with Crippen molar-refractivity contribution in [3.63, 3.8) is 0 Å². The zero-order valence-corrected chi connectivity index (χ0v) is 10.7. The Kier molecular flexibility index (Phi) is 2.95. The summed E-state index contributed by atoms with van der Waals surface area (Å²) in [7, 11) is 0. The first kappa shape index (κ1) is 12.4. The van der Waals surface area contributed by atoms with Crippen molar-refractivity contribution < 1.29 is 4.92 Å². The Morgan fingerprint density at radius 1 is 1.50 bits per heavy atom. The molecule has 1 aliphatic rings. The van der Waals surface area contributed by atoms with E-state index in [2.05, 4.69) is 5.10 Å². The van der Waals surface area contributed by atoms with Crippen molar-refractivity contribution in [3.8, 4) is 17.2 Å². The third-order valence-corrected chi connectivity index (χ3v) is 3.42. The second-order valence-corrected chi connectivity index (χ2v) is 4.99. The molecule has 1 aromatic carbocycles. The van der Waals surface area contributed by atoms with E-state index in [0.29, 0.717) is 11.1 Å². The monoisotopic (exact) mass is 268 g/mol. The van der Waals surface area contributed by atoms with Gasteiger partial charge >= 0.3 is 0 Å². The molecule has 1 saturated carbocycles. The maximum atomic E-state index is 10.7. The van der Waals surface area contributed by atoms with Gasteiger partial charge in [-0.25, -0.2) is 0 Å². The van der Waals surface area contributed by atoms with Crippen molar-refractivity contribution in [3.05, 3.63) is 46.3 Å². The fraction of sp³-hybridized carbons (Fsp3) is 0.286. The minimum Gasteiger partial charge on any atom is -0.272 e. The van der Waals surface area contributed by atoms with Crippen LogP contribution in [0.4, 0.5) is 5.69 Å². The summed E-state index contributed by atoms with van der Waals surface area (Å²) in [5.41, 5.74) is 1.72. The van der Waals surface area contributed by atoms with Crippen LogP contribution in [0.3, 0.4) is 0 Å². The Balaban J connectivity index is 1.94. The molecule has 0 unspecified atom stereocenters. The number of non-ortho nitro benzene ring substituents is 1. The summed E-state index contributed by atoms with van der Waals surface area (Å²) in [4.78, 5) is 10.2. The Hall–Kier alpha value is -2.68. The van der Waals surface area contributed by atoms with E-state index in [1.165, 1.54) is 25.0 Å². The van der Waals surface area contributed by atoms with E-state index in [1.54, 1.807) is 12.3 Å². The predicted molar refractivity (Wildman–Crippen MR) is 71.8 cm³/mol. The molecule has 0 N–H and O–H groups in total. The number of hydrogen-bond donors (Lipinski definition) is 0. The summed E-state index contributed by atoms with van der Waals surface area (Å²) < 4.78 is 1.87. The van der Waals surface area contributed by atoms with E-state index < -0.39 is 4.92 Å². The minimum atomic E-state index is -0.499. The van der Waals surface area contributed by atoms with Crippen molar-refractivity contribution in [1.29, 1.82) is 5.26 Å². The summed E-state index contributed by atoms with van der Waals surface area (Å²) in [6.07, 6.45) is 6.08. The lowest BCUT2D eigenvalue weighted by molar-refractivity contribution is -0.384. The SMILES string of the molecule is N#Cc1cc([N+](=O)[O-])ccc1-c1cnn(CC2CC2)c1. The first-order valence-corrected chi connectivity index (χ1v) is 6.39. The Morgan fingerprint density at radius 3 is 2.95 bits per heavy atom. The van der Waals surface area contributed by atoms with Gasteiger partial charge in [0.25, 0.3) is 5.69 Å². The van der Waals surface area contributed by atoms with Crippen molar-refractivity contribution in [2.75, 3.05) is 0 Å². The molecule has 6 nitrogen and oxygen atoms in total. The average Bonchev–Trinajstić information content (AvgIpc) is 3.14. The van der Waals surface area contributed by atoms with E-state index in [4.69, 9.17) is 5.26 Å². The van der Waals surface area contributed by atoms with Crippen LogP contribution in [0.25, 0.3) is 11.1 Å². The lowest BCUT2D eigenvalue weighted by Crippen LogP contribution is -1.99. The molecule has 20 heavy (non-hydrogen) atoms. The topological polar surface area (TPSA) is 84.8 Å². The van der Waals surface area contributed by atoms with Crippen LogP contribution in [0.2, 0.25) is 0 Å². The summed E-state index contributed by atoms with van der Waals surface area (Å²) in [5, 5.41) is 24.2. The normalized spacial score (nSPS) is 13.9. The maximum Gasteiger partial charge on any atom is 0.270 e. The number of nitriles is 1. The standard InChI is InChI=1S/C14H12N4O2/c15-6-11-5-13(18(19)20)3-4-14(11)12-7-16-17(9-12)8-10-1-2-10/h3-5,7,9-10H,1-2,8H2. The van der Waals surface area contributed by atoms with Gasteiger partial charge in [-0.05, 0) is 24.8 Å². The van der Waals surface area contributed by atoms with E-state index in [0.717, 1.165) is 18.0 Å². The molecular weight excluding hydrogens is 256 g/mol. The van der Waals surface area contributed by atoms with Gasteiger partial charge in [0, 0.05) is 36.0 Å². The molecule has 0 amide bonds. The molecule has 1 heterocycles. The van der Waals surface area contributed by atoms with E-state index in [1.807, 2.05) is 16.9 Å². The maximum absolute atomic E-state index is 10.7. The average molecular weight is 268 g/mol. The fourth-order valence-electron chi connectivity index (χ4n) is 2.16. The third-order valence-electron chi connectivity index (χ3n) is 3.42. The van der Waals surface area contributed by atoms with Crippen LogP contribution in [0, 0.1) is 27.4 Å². The van der Waals surface area contributed by atoms with Gasteiger partial charge < -0.3 is 0 Å². The molecule has 2 aromatic rings. The molecule has 0 atom stereocenters. The molecule has 1 aromatic heterocycles. The van der Waals surface area contributed by atoms with Gasteiger partial charge in [0.05, 0.1) is 16.7 Å². The first-order valence-electron chi connectivity index (χ1n) is 6.39. The van der Waals surface area contributed by atoms with Crippen molar-refractivity contribution in [2.45, 2.75) is 19.4 Å². The molecule has 1 fully saturated rings. The molecule has 1 aliphatic carbocycles. The van der Waals surface area contributed by atoms with E-state index >= 15 is 0 Å². The highest BCUT2D eigenvalue weighted by Gasteiger charge is 2.22. The molecule has 0 spiro atoms. The molecule has 0 radical (unpaired) electrons. The highest BCUT2D eigenvalue weighted by molar-refractivity contribution is 5.71. The molecular formula is C14H12N4O2. The van der Waals surface area contributed by atoms with Crippen LogP contribution in [-0.4, -0.2) is 14.7 Å². The highest BCUT2D eigenvalue weighted by Crippen LogP contribution is 2.31. The van der Waals surface area contributed by atoms with Gasteiger partial charge in [-0.3, -0.25) is 14.8 Å². The number of hydrogen-bond acceptors (Lipinski definition) is 4. The van der Waals surface area contributed by atoms with Crippen LogP contribution in [0.15, 0.2) is 30.6 Å². The zero-order chi connectivity index (χ0) is 14.1. The summed E-state index contributed by atoms with van der Waals surface area (Å²) in [6.45, 7) is 0.898. The molecule has 100 valence electrons. The van der Waals surface area contributed by atoms with Crippen molar-refractivity contribution in [1.82, 2.24) is 9.78 Å². The number of rotatable bonds is 4. The second-order valence-electron chi connectivity index (χ2n) is 4.99. The molecule has 3 rings (SSSR count). The highest BCUT2D eigenvalue weighted by atomic mass is 16.6. The lowest BCUT2D eigenvalue weighted by atomic mass is 10.0. The van der Waals surface area contributed by atoms with Gasteiger partial charge in [0.2, 0.25) is 0 Å². The number of aromatic nitrogens is 2. The largest absolute Gasteiger partial charge is 0.272 e. The lowest BCUT2D eigenvalue weighted by Gasteiger charge is -2.01. The second kappa shape index (κ2) is 4.78. The van der Waals surface area contributed by atoms with E-state index in [-0.39, 0.29) is 5.69 Å². The number of nitrogens with zero attached hydrogens (tertiary/aromatic N) is 4. The van der Waals surface area contributed by atoms with Crippen molar-refractivity contribution in [2.24, 2.45) is 5.92 Å². The Labute approximate surface area is 115 Å². The predicted octanol–water partition coefficient (Wildman–Crippen LogP) is 2.74. The van der Waals surface area contributed by atoms with Crippen LogP contribution in [-0.2, 0) is 6.54 Å². The van der Waals surface area contributed by atoms with Gasteiger partial charge in [-0.15, -0.1) is 0 Å². The van der Waals surface area contributed by atoms with Crippen molar-refractivity contribution >= 4 is 5.69 Å². The summed E-state index contributed by atoms with van der Waals surface area (Å²) >= 11 is 0. The molecule has 0 saturated heterocycles. The smallest absolute Gasteiger partial charge is 0.270 e. The quantitative estimate of drug-likeness (QED) is 0.630. The van der Waals surface area contributed by atoms with Gasteiger partial charge in [0.1, 0.15) is 6.07 Å². The number of benzene rings is 1. The minimum absolute atomic E-state index is 0.0735.